The molecule has 1 N–H and O–H groups in total. The maximum atomic E-state index is 5.76. The second-order valence-electron chi connectivity index (χ2n) is 5.43. The van der Waals surface area contributed by atoms with E-state index in [1.807, 2.05) is 6.20 Å². The van der Waals surface area contributed by atoms with Gasteiger partial charge in [0, 0.05) is 18.9 Å². The van der Waals surface area contributed by atoms with Crippen LogP contribution in [-0.2, 0) is 12.8 Å². The van der Waals surface area contributed by atoms with Gasteiger partial charge in [-0.3, -0.25) is 0 Å². The summed E-state index contributed by atoms with van der Waals surface area (Å²) in [4.78, 5) is 4.35. The van der Waals surface area contributed by atoms with Gasteiger partial charge in [-0.2, -0.15) is 0 Å². The van der Waals surface area contributed by atoms with Crippen molar-refractivity contribution in [2.45, 2.75) is 58.4 Å². The predicted molar refractivity (Wildman–Crippen MR) is 69.0 cm³/mol. The Morgan fingerprint density at radius 2 is 2.29 bits per heavy atom. The van der Waals surface area contributed by atoms with Crippen LogP contribution in [0, 0.1) is 5.92 Å². The number of oxazole rings is 1. The Bertz CT molecular complexity index is 329. The molecule has 1 aliphatic rings. The first kappa shape index (κ1) is 12.6. The third-order valence-electron chi connectivity index (χ3n) is 3.44. The summed E-state index contributed by atoms with van der Waals surface area (Å²) < 4.78 is 5.76. The number of aromatic nitrogens is 1. The average molecular weight is 236 g/mol. The molecule has 3 nitrogen and oxygen atoms in total. The molecule has 1 fully saturated rings. The molecule has 1 aromatic rings. The van der Waals surface area contributed by atoms with Crippen LogP contribution in [0.15, 0.2) is 10.6 Å². The number of hydrogen-bond donors (Lipinski definition) is 1. The van der Waals surface area contributed by atoms with Crippen LogP contribution in [0.25, 0.3) is 0 Å². The van der Waals surface area contributed by atoms with Crippen LogP contribution in [0.2, 0.25) is 0 Å². The molecule has 17 heavy (non-hydrogen) atoms. The largest absolute Gasteiger partial charge is 0.446 e. The van der Waals surface area contributed by atoms with Crippen LogP contribution < -0.4 is 5.32 Å². The lowest BCUT2D eigenvalue weighted by atomic mass is 9.82. The minimum absolute atomic E-state index is 0.564. The summed E-state index contributed by atoms with van der Waals surface area (Å²) >= 11 is 0. The highest BCUT2D eigenvalue weighted by Gasteiger charge is 2.19. The minimum Gasteiger partial charge on any atom is -0.446 e. The number of nitrogens with one attached hydrogen (secondary N) is 1. The fourth-order valence-electron chi connectivity index (χ4n) is 2.17. The molecule has 0 unspecified atom stereocenters. The monoisotopic (exact) mass is 236 g/mol. The van der Waals surface area contributed by atoms with E-state index in [9.17, 15) is 0 Å². The van der Waals surface area contributed by atoms with Gasteiger partial charge >= 0.3 is 0 Å². The zero-order chi connectivity index (χ0) is 12.1. The molecule has 0 amide bonds. The fraction of sp³-hybridized carbons (Fsp3) is 0.786. The lowest BCUT2D eigenvalue weighted by Gasteiger charge is -2.23. The molecule has 0 spiro atoms. The lowest BCUT2D eigenvalue weighted by Crippen LogP contribution is -2.23. The van der Waals surface area contributed by atoms with Crippen molar-refractivity contribution in [3.05, 3.63) is 17.8 Å². The van der Waals surface area contributed by atoms with Gasteiger partial charge in [0.1, 0.15) is 5.76 Å². The van der Waals surface area contributed by atoms with Crippen LogP contribution in [0.5, 0.6) is 0 Å². The lowest BCUT2D eigenvalue weighted by molar-refractivity contribution is 0.291. The van der Waals surface area contributed by atoms with Crippen molar-refractivity contribution in [2.75, 3.05) is 6.54 Å². The van der Waals surface area contributed by atoms with Crippen molar-refractivity contribution in [1.29, 1.82) is 0 Å². The van der Waals surface area contributed by atoms with Gasteiger partial charge in [0.25, 0.3) is 0 Å². The maximum Gasteiger partial charge on any atom is 0.194 e. The SMILES string of the molecule is CC(C)NCCCc1ncc(CC2CCC2)o1. The van der Waals surface area contributed by atoms with E-state index >= 15 is 0 Å². The van der Waals surface area contributed by atoms with Gasteiger partial charge in [-0.1, -0.05) is 33.1 Å². The van der Waals surface area contributed by atoms with E-state index in [0.29, 0.717) is 6.04 Å². The van der Waals surface area contributed by atoms with Crippen molar-refractivity contribution in [2.24, 2.45) is 5.92 Å². The molecular formula is C14H24N2O. The van der Waals surface area contributed by atoms with E-state index in [1.54, 1.807) is 0 Å². The summed E-state index contributed by atoms with van der Waals surface area (Å²) in [6, 6.07) is 0.564. The first-order valence-corrected chi connectivity index (χ1v) is 6.91. The third kappa shape index (κ3) is 4.15. The van der Waals surface area contributed by atoms with Gasteiger partial charge < -0.3 is 9.73 Å². The smallest absolute Gasteiger partial charge is 0.194 e. The van der Waals surface area contributed by atoms with Gasteiger partial charge in [0.2, 0.25) is 0 Å². The Morgan fingerprint density at radius 3 is 2.94 bits per heavy atom. The quantitative estimate of drug-likeness (QED) is 0.740. The Hall–Kier alpha value is -0.830. The number of hydrogen-bond acceptors (Lipinski definition) is 3. The van der Waals surface area contributed by atoms with E-state index in [1.165, 1.54) is 19.3 Å². The van der Waals surface area contributed by atoms with Crippen LogP contribution in [0.4, 0.5) is 0 Å². The number of rotatable bonds is 7. The van der Waals surface area contributed by atoms with Gasteiger partial charge in [0.15, 0.2) is 5.89 Å². The highest BCUT2D eigenvalue weighted by Crippen LogP contribution is 2.29. The Balaban J connectivity index is 1.66. The Labute approximate surface area is 104 Å². The molecule has 2 rings (SSSR count). The summed E-state index contributed by atoms with van der Waals surface area (Å²) in [5.41, 5.74) is 0. The van der Waals surface area contributed by atoms with Gasteiger partial charge in [0.05, 0.1) is 6.20 Å². The highest BCUT2D eigenvalue weighted by atomic mass is 16.4. The first-order valence-electron chi connectivity index (χ1n) is 6.91. The highest BCUT2D eigenvalue weighted by molar-refractivity contribution is 4.97. The zero-order valence-electron chi connectivity index (χ0n) is 11.0. The fourth-order valence-corrected chi connectivity index (χ4v) is 2.17. The number of nitrogens with zero attached hydrogens (tertiary/aromatic N) is 1. The predicted octanol–water partition coefficient (Wildman–Crippen LogP) is 2.95. The molecule has 1 aromatic heterocycles. The molecule has 1 saturated carbocycles. The van der Waals surface area contributed by atoms with Crippen molar-refractivity contribution in [1.82, 2.24) is 10.3 Å². The number of aryl methyl sites for hydroxylation is 1. The zero-order valence-corrected chi connectivity index (χ0v) is 11.0. The van der Waals surface area contributed by atoms with Gasteiger partial charge in [-0.15, -0.1) is 0 Å². The maximum absolute atomic E-state index is 5.76. The molecule has 0 aliphatic heterocycles. The van der Waals surface area contributed by atoms with Crippen molar-refractivity contribution in [3.8, 4) is 0 Å². The van der Waals surface area contributed by atoms with Crippen LogP contribution in [0.1, 0.15) is 51.2 Å². The minimum atomic E-state index is 0.564. The average Bonchev–Trinajstić information content (AvgIpc) is 2.66. The molecule has 1 heterocycles. The second-order valence-corrected chi connectivity index (χ2v) is 5.43. The molecule has 0 bridgehead atoms. The molecule has 3 heteroatoms. The first-order chi connectivity index (χ1) is 8.24. The molecule has 0 saturated heterocycles. The second kappa shape index (κ2) is 6.20. The molecular weight excluding hydrogens is 212 g/mol. The standard InChI is InChI=1S/C14H24N2O/c1-11(2)15-8-4-7-14-16-10-13(17-14)9-12-5-3-6-12/h10-12,15H,3-9H2,1-2H3. The van der Waals surface area contributed by atoms with E-state index in [2.05, 4.69) is 24.1 Å². The molecule has 1 aliphatic carbocycles. The third-order valence-corrected chi connectivity index (χ3v) is 3.44. The molecule has 0 radical (unpaired) electrons. The summed E-state index contributed by atoms with van der Waals surface area (Å²) in [5.74, 6) is 2.85. The van der Waals surface area contributed by atoms with Crippen molar-refractivity contribution >= 4 is 0 Å². The van der Waals surface area contributed by atoms with Crippen LogP contribution in [0.3, 0.4) is 0 Å². The summed E-state index contributed by atoms with van der Waals surface area (Å²) in [6.45, 7) is 5.38. The van der Waals surface area contributed by atoms with Crippen LogP contribution in [-0.4, -0.2) is 17.6 Å². The van der Waals surface area contributed by atoms with E-state index < -0.39 is 0 Å². The molecule has 0 atom stereocenters. The topological polar surface area (TPSA) is 38.1 Å². The summed E-state index contributed by atoms with van der Waals surface area (Å²) in [6.07, 6.45) is 9.20. The molecule has 0 aromatic carbocycles. The Morgan fingerprint density at radius 1 is 1.47 bits per heavy atom. The summed E-state index contributed by atoms with van der Waals surface area (Å²) in [7, 11) is 0. The van der Waals surface area contributed by atoms with Gasteiger partial charge in [-0.05, 0) is 18.9 Å². The van der Waals surface area contributed by atoms with Gasteiger partial charge in [-0.25, -0.2) is 4.98 Å². The van der Waals surface area contributed by atoms with E-state index in [-0.39, 0.29) is 0 Å². The summed E-state index contributed by atoms with van der Waals surface area (Å²) in [5, 5.41) is 3.40. The van der Waals surface area contributed by atoms with E-state index in [4.69, 9.17) is 4.42 Å². The van der Waals surface area contributed by atoms with Crippen molar-refractivity contribution in [3.63, 3.8) is 0 Å². The van der Waals surface area contributed by atoms with Crippen molar-refractivity contribution < 1.29 is 4.42 Å². The molecule has 96 valence electrons. The van der Waals surface area contributed by atoms with E-state index in [0.717, 1.165) is 43.4 Å². The Kier molecular flexibility index (Phi) is 4.60. The van der Waals surface area contributed by atoms with Crippen LogP contribution >= 0.6 is 0 Å². The normalized spacial score (nSPS) is 16.4.